The van der Waals surface area contributed by atoms with Gasteiger partial charge in [-0.1, -0.05) is 24.3 Å². The SMILES string of the molecule is CC(C)(C)OC(=O)c1ccc(-c2nc(C3CCC(=O)CC3)cnc2N)cc1F.CC(C)(C)OC(=O)c1ccc(-c2nc(C3CCC(=O)CC3)cnc2N)cc1F.CC(C)(C)OC(=O)c1ccc(-c2nc(C3CCC(O)CC3)cnc2N)cc1F.CC(C)(C)OC(=O)c1ccc(-c2nc(C3CCC4(CC3)OCCO4)cnc2N)cc1F. The molecule has 0 radical (unpaired) electrons. The summed E-state index contributed by atoms with van der Waals surface area (Å²) in [6, 6.07) is 16.8. The summed E-state index contributed by atoms with van der Waals surface area (Å²) in [5.74, 6) is -4.15. The van der Waals surface area contributed by atoms with Crippen molar-refractivity contribution in [3.63, 3.8) is 0 Å². The first-order valence-electron chi connectivity index (χ1n) is 38.7. The smallest absolute Gasteiger partial charge is 0.341 e. The summed E-state index contributed by atoms with van der Waals surface area (Å²) in [4.78, 5) is 107. The van der Waals surface area contributed by atoms with Crippen molar-refractivity contribution in [1.29, 1.82) is 0 Å². The minimum absolute atomic E-state index is 0.129. The number of benzene rings is 4. The fourth-order valence-electron chi connectivity index (χ4n) is 13.9. The monoisotopic (exact) mass is 1590 g/mol. The third-order valence-electron chi connectivity index (χ3n) is 19.7. The van der Waals surface area contributed by atoms with Gasteiger partial charge in [-0.3, -0.25) is 9.59 Å². The third kappa shape index (κ3) is 23.5. The molecule has 5 heterocycles. The summed E-state index contributed by atoms with van der Waals surface area (Å²) in [6.45, 7) is 22.0. The van der Waals surface area contributed by atoms with Gasteiger partial charge >= 0.3 is 23.9 Å². The predicted molar refractivity (Wildman–Crippen MR) is 424 cm³/mol. The maximum Gasteiger partial charge on any atom is 0.341 e. The zero-order valence-corrected chi connectivity index (χ0v) is 67.1. The van der Waals surface area contributed by atoms with E-state index in [2.05, 4.69) is 34.9 Å². The number of aliphatic hydroxyl groups is 1. The molecular weight excluding hydrogens is 1490 g/mol. The summed E-state index contributed by atoms with van der Waals surface area (Å²) in [7, 11) is 0. The second kappa shape index (κ2) is 36.4. The fraction of sp³-hybridized carbons (Fsp3) is 0.465. The molecule has 0 bridgehead atoms. The highest BCUT2D eigenvalue weighted by Gasteiger charge is 2.41. The lowest BCUT2D eigenvalue weighted by Gasteiger charge is -2.35. The van der Waals surface area contributed by atoms with Crippen molar-refractivity contribution in [3.05, 3.63) is 166 Å². The van der Waals surface area contributed by atoms with E-state index < -0.39 is 75.3 Å². The number of nitrogens with two attached hydrogens (primary N) is 4. The molecule has 8 aromatic rings. The molecule has 0 atom stereocenters. The van der Waals surface area contributed by atoms with E-state index in [1.54, 1.807) is 132 Å². The van der Waals surface area contributed by atoms with Crippen molar-refractivity contribution in [2.75, 3.05) is 36.1 Å². The van der Waals surface area contributed by atoms with E-state index in [1.165, 1.54) is 48.5 Å². The van der Waals surface area contributed by atoms with Crippen LogP contribution >= 0.6 is 0 Å². The fourth-order valence-corrected chi connectivity index (χ4v) is 13.9. The molecular formula is C86H102F4N12O13. The van der Waals surface area contributed by atoms with Crippen molar-refractivity contribution in [1.82, 2.24) is 39.9 Å². The molecule has 4 aliphatic carbocycles. The van der Waals surface area contributed by atoms with E-state index in [9.17, 15) is 51.4 Å². The topological polar surface area (TPSA) is 385 Å². The number of aromatic nitrogens is 8. The second-order valence-electron chi connectivity index (χ2n) is 33.4. The van der Waals surface area contributed by atoms with Gasteiger partial charge in [-0.25, -0.2) is 76.6 Å². The maximum absolute atomic E-state index is 14.7. The Kier molecular flexibility index (Phi) is 27.4. The van der Waals surface area contributed by atoms with Crippen molar-refractivity contribution >= 4 is 58.7 Å². The van der Waals surface area contributed by atoms with Crippen molar-refractivity contribution < 1.29 is 79.9 Å². The van der Waals surface area contributed by atoms with Crippen LogP contribution in [0.3, 0.4) is 0 Å². The van der Waals surface area contributed by atoms with Crippen LogP contribution in [0.15, 0.2) is 97.6 Å². The number of hydrogen-bond donors (Lipinski definition) is 5. The largest absolute Gasteiger partial charge is 0.456 e. The Morgan fingerprint density at radius 1 is 0.383 bits per heavy atom. The molecule has 0 amide bonds. The number of aliphatic hydroxyl groups excluding tert-OH is 1. The molecule has 1 saturated heterocycles. The van der Waals surface area contributed by atoms with E-state index in [4.69, 9.17) is 56.3 Å². The van der Waals surface area contributed by atoms with Crippen LogP contribution < -0.4 is 22.9 Å². The van der Waals surface area contributed by atoms with Crippen LogP contribution in [0, 0.1) is 23.3 Å². The number of ketones is 2. The van der Waals surface area contributed by atoms with Gasteiger partial charge in [0.2, 0.25) is 0 Å². The number of rotatable bonds is 12. The third-order valence-corrected chi connectivity index (χ3v) is 19.7. The Bertz CT molecular complexity index is 4730. The Morgan fingerprint density at radius 3 is 0.852 bits per heavy atom. The zero-order chi connectivity index (χ0) is 83.6. The molecule has 13 rings (SSSR count). The molecule has 5 fully saturated rings. The summed E-state index contributed by atoms with van der Waals surface area (Å²) in [6.07, 6.45) is 17.8. The molecule has 4 aromatic carbocycles. The Labute approximate surface area is 666 Å². The highest BCUT2D eigenvalue weighted by atomic mass is 19.1. The van der Waals surface area contributed by atoms with E-state index in [0.717, 1.165) is 99.8 Å². The van der Waals surface area contributed by atoms with Gasteiger partial charge in [0.15, 0.2) is 5.79 Å². The van der Waals surface area contributed by atoms with Gasteiger partial charge in [0.1, 0.15) is 103 Å². The van der Waals surface area contributed by atoms with Gasteiger partial charge < -0.3 is 56.5 Å². The predicted octanol–water partition coefficient (Wildman–Crippen LogP) is 16.2. The van der Waals surface area contributed by atoms with Gasteiger partial charge in [-0.15, -0.1) is 0 Å². The highest BCUT2D eigenvalue weighted by molar-refractivity contribution is 5.93. The van der Waals surface area contributed by atoms with Crippen molar-refractivity contribution in [3.8, 4) is 45.0 Å². The average Bonchev–Trinajstić information content (AvgIpc) is 1.48. The Morgan fingerprint density at radius 2 is 0.617 bits per heavy atom. The van der Waals surface area contributed by atoms with Gasteiger partial charge in [0.05, 0.1) is 89.1 Å². The van der Waals surface area contributed by atoms with Crippen molar-refractivity contribution in [2.45, 2.75) is 244 Å². The molecule has 1 spiro atoms. The highest BCUT2D eigenvalue weighted by Crippen LogP contribution is 2.44. The average molecular weight is 1590 g/mol. The van der Waals surface area contributed by atoms with Crippen molar-refractivity contribution in [2.24, 2.45) is 0 Å². The number of Topliss-reactive ketones (excluding diaryl/α,β-unsaturated/α-hetero) is 2. The molecule has 25 nitrogen and oxygen atoms in total. The standard InChI is InChI=1S/C23H28FN3O4.C21H26FN3O3.2C21H24FN3O3/c1-22(2,3)31-21(28)16-5-4-15(12-17(16)24)19-20(25)26-13-18(27-19)14-6-8-23(9-7-14)29-10-11-30-23;3*1-21(2,3)28-20(27)15-9-6-13(10-16(15)22)18-19(23)24-11-17(25-18)12-4-7-14(26)8-5-12/h4-5,12-14H,6-11H2,1-3H3,(H2,25,26);6,9-12,14,26H,4-5,7-8H2,1-3H3,(H2,23,24);2*6,9-12H,4-5,7-8H2,1-3H3,(H2,23,24). The lowest BCUT2D eigenvalue weighted by atomic mass is 9.83. The molecule has 1 aliphatic heterocycles. The first kappa shape index (κ1) is 86.6. The number of halogens is 4. The van der Waals surface area contributed by atoms with E-state index in [-0.39, 0.29) is 86.9 Å². The van der Waals surface area contributed by atoms with Crippen LogP contribution in [0.1, 0.15) is 274 Å². The number of carbonyl (C=O) groups is 6. The number of nitrogen functional groups attached to an aromatic ring is 4. The molecule has 4 aromatic heterocycles. The van der Waals surface area contributed by atoms with Gasteiger partial charge in [-0.2, -0.15) is 0 Å². The molecule has 5 aliphatic rings. The lowest BCUT2D eigenvalue weighted by Crippen LogP contribution is -2.34. The minimum atomic E-state index is -0.726. The van der Waals surface area contributed by atoms with Crippen LogP contribution in [0.4, 0.5) is 40.8 Å². The Hall–Kier alpha value is -10.8. The second-order valence-corrected chi connectivity index (χ2v) is 33.4. The van der Waals surface area contributed by atoms with Gasteiger partial charge in [0.25, 0.3) is 0 Å². The first-order chi connectivity index (χ1) is 54.1. The quantitative estimate of drug-likeness (QED) is 0.0431. The van der Waals surface area contributed by atoms with E-state index in [1.807, 2.05) is 0 Å². The van der Waals surface area contributed by atoms with E-state index in [0.29, 0.717) is 83.9 Å². The zero-order valence-electron chi connectivity index (χ0n) is 67.1. The molecule has 0 unspecified atom stereocenters. The number of ether oxygens (including phenoxy) is 6. The van der Waals surface area contributed by atoms with Gasteiger partial charge in [0, 0.05) is 84.5 Å². The Balaban J connectivity index is 0.000000162. The summed E-state index contributed by atoms with van der Waals surface area (Å²) in [5.41, 5.74) is 26.9. The number of carbonyl (C=O) groups excluding carboxylic acids is 6. The number of anilines is 4. The van der Waals surface area contributed by atoms with Crippen LogP contribution in [0.25, 0.3) is 45.0 Å². The van der Waals surface area contributed by atoms with Gasteiger partial charge in [-0.05, 0) is 196 Å². The normalized spacial score (nSPS) is 17.5. The number of nitrogens with zero attached hydrogens (tertiary/aromatic N) is 8. The first-order valence-corrected chi connectivity index (χ1v) is 38.7. The molecule has 115 heavy (non-hydrogen) atoms. The molecule has 612 valence electrons. The van der Waals surface area contributed by atoms with E-state index >= 15 is 0 Å². The number of esters is 4. The molecule has 9 N–H and O–H groups in total. The molecule has 4 saturated carbocycles. The van der Waals surface area contributed by atoms with Crippen LogP contribution in [-0.2, 0) is 38.0 Å². The van der Waals surface area contributed by atoms with Crippen LogP contribution in [0.2, 0.25) is 0 Å². The van der Waals surface area contributed by atoms with Crippen LogP contribution in [-0.4, -0.2) is 128 Å². The lowest BCUT2D eigenvalue weighted by molar-refractivity contribution is -0.179. The minimum Gasteiger partial charge on any atom is -0.456 e. The summed E-state index contributed by atoms with van der Waals surface area (Å²) < 4.78 is 90.9. The number of hydrogen-bond acceptors (Lipinski definition) is 25. The summed E-state index contributed by atoms with van der Waals surface area (Å²) >= 11 is 0. The maximum atomic E-state index is 14.7. The van der Waals surface area contributed by atoms with Crippen LogP contribution in [0.5, 0.6) is 0 Å². The molecule has 29 heteroatoms. The summed E-state index contributed by atoms with van der Waals surface area (Å²) in [5, 5.41) is 9.69.